The number of phenolic OH excluding ortho intramolecular Hbond substituents is 1. The SMILES string of the molecule is CCCCCCCc1ccc(O)c(-c2ccccc2)c1. The van der Waals surface area contributed by atoms with Crippen molar-refractivity contribution in [2.45, 2.75) is 45.4 Å². The van der Waals surface area contributed by atoms with Gasteiger partial charge in [0, 0.05) is 5.56 Å². The molecule has 1 nitrogen and oxygen atoms in total. The molecule has 1 heteroatoms. The van der Waals surface area contributed by atoms with Crippen LogP contribution in [-0.2, 0) is 6.42 Å². The molecule has 2 aromatic rings. The second-order valence-corrected chi connectivity index (χ2v) is 5.38. The maximum atomic E-state index is 10.0. The van der Waals surface area contributed by atoms with E-state index in [0.29, 0.717) is 5.75 Å². The summed E-state index contributed by atoms with van der Waals surface area (Å²) in [6, 6.07) is 16.1. The van der Waals surface area contributed by atoms with Crippen LogP contribution in [0.25, 0.3) is 11.1 Å². The number of rotatable bonds is 7. The van der Waals surface area contributed by atoms with Crippen molar-refractivity contribution in [2.24, 2.45) is 0 Å². The van der Waals surface area contributed by atoms with Gasteiger partial charge in [-0.2, -0.15) is 0 Å². The molecule has 0 amide bonds. The number of phenols is 1. The van der Waals surface area contributed by atoms with Crippen molar-refractivity contribution >= 4 is 0 Å². The van der Waals surface area contributed by atoms with E-state index in [2.05, 4.69) is 13.0 Å². The number of hydrogen-bond donors (Lipinski definition) is 1. The number of unbranched alkanes of at least 4 members (excludes halogenated alkanes) is 4. The average molecular weight is 268 g/mol. The van der Waals surface area contributed by atoms with Gasteiger partial charge in [-0.3, -0.25) is 0 Å². The van der Waals surface area contributed by atoms with Crippen LogP contribution >= 0.6 is 0 Å². The Labute approximate surface area is 122 Å². The van der Waals surface area contributed by atoms with Gasteiger partial charge in [-0.15, -0.1) is 0 Å². The largest absolute Gasteiger partial charge is 0.507 e. The van der Waals surface area contributed by atoms with Crippen molar-refractivity contribution < 1.29 is 5.11 Å². The third-order valence-electron chi connectivity index (χ3n) is 3.71. The van der Waals surface area contributed by atoms with E-state index in [1.165, 1.54) is 37.7 Å². The van der Waals surface area contributed by atoms with Gasteiger partial charge >= 0.3 is 0 Å². The van der Waals surface area contributed by atoms with Gasteiger partial charge in [-0.25, -0.2) is 0 Å². The quantitative estimate of drug-likeness (QED) is 0.651. The molecular formula is C19H24O. The Morgan fingerprint density at radius 2 is 1.60 bits per heavy atom. The molecule has 106 valence electrons. The van der Waals surface area contributed by atoms with Crippen molar-refractivity contribution in [3.8, 4) is 16.9 Å². The van der Waals surface area contributed by atoms with E-state index in [0.717, 1.165) is 17.5 Å². The van der Waals surface area contributed by atoms with Crippen LogP contribution in [0.2, 0.25) is 0 Å². The Morgan fingerprint density at radius 3 is 2.35 bits per heavy atom. The minimum atomic E-state index is 0.367. The van der Waals surface area contributed by atoms with Crippen molar-refractivity contribution in [1.82, 2.24) is 0 Å². The first kappa shape index (κ1) is 14.6. The van der Waals surface area contributed by atoms with E-state index in [9.17, 15) is 5.11 Å². The van der Waals surface area contributed by atoms with Gasteiger partial charge in [-0.1, -0.05) is 69.0 Å². The molecule has 0 heterocycles. The van der Waals surface area contributed by atoms with E-state index in [-0.39, 0.29) is 0 Å². The van der Waals surface area contributed by atoms with Crippen LogP contribution < -0.4 is 0 Å². The first-order valence-corrected chi connectivity index (χ1v) is 7.68. The molecule has 2 aromatic carbocycles. The van der Waals surface area contributed by atoms with E-state index < -0.39 is 0 Å². The second-order valence-electron chi connectivity index (χ2n) is 5.38. The fourth-order valence-corrected chi connectivity index (χ4v) is 2.52. The molecular weight excluding hydrogens is 244 g/mol. The summed E-state index contributed by atoms with van der Waals surface area (Å²) in [5.74, 6) is 0.367. The average Bonchev–Trinajstić information content (AvgIpc) is 2.49. The zero-order valence-electron chi connectivity index (χ0n) is 12.3. The van der Waals surface area contributed by atoms with Gasteiger partial charge in [0.15, 0.2) is 0 Å². The summed E-state index contributed by atoms with van der Waals surface area (Å²) in [4.78, 5) is 0. The third-order valence-corrected chi connectivity index (χ3v) is 3.71. The lowest BCUT2D eigenvalue weighted by molar-refractivity contribution is 0.477. The van der Waals surface area contributed by atoms with Crippen molar-refractivity contribution in [3.05, 3.63) is 54.1 Å². The molecule has 0 spiro atoms. The smallest absolute Gasteiger partial charge is 0.123 e. The predicted molar refractivity (Wildman–Crippen MR) is 86.0 cm³/mol. The Hall–Kier alpha value is -1.76. The van der Waals surface area contributed by atoms with Crippen LogP contribution in [0.15, 0.2) is 48.5 Å². The fourth-order valence-electron chi connectivity index (χ4n) is 2.52. The van der Waals surface area contributed by atoms with Crippen molar-refractivity contribution in [1.29, 1.82) is 0 Å². The van der Waals surface area contributed by atoms with Gasteiger partial charge in [-0.05, 0) is 36.1 Å². The fraction of sp³-hybridized carbons (Fsp3) is 0.368. The standard InChI is InChI=1S/C19H24O/c1-2-3-4-5-7-10-16-13-14-19(20)18(15-16)17-11-8-6-9-12-17/h6,8-9,11-15,20H,2-5,7,10H2,1H3. The van der Waals surface area contributed by atoms with E-state index >= 15 is 0 Å². The molecule has 0 radical (unpaired) electrons. The van der Waals surface area contributed by atoms with Crippen LogP contribution in [0.1, 0.15) is 44.6 Å². The summed E-state index contributed by atoms with van der Waals surface area (Å²) < 4.78 is 0. The molecule has 2 rings (SSSR count). The molecule has 0 unspecified atom stereocenters. The van der Waals surface area contributed by atoms with E-state index in [1.54, 1.807) is 0 Å². The molecule has 0 aliphatic heterocycles. The van der Waals surface area contributed by atoms with Gasteiger partial charge in [0.2, 0.25) is 0 Å². The Morgan fingerprint density at radius 1 is 0.850 bits per heavy atom. The maximum absolute atomic E-state index is 10.0. The first-order chi connectivity index (χ1) is 9.81. The van der Waals surface area contributed by atoms with Crippen molar-refractivity contribution in [2.75, 3.05) is 0 Å². The lowest BCUT2D eigenvalue weighted by Crippen LogP contribution is -1.88. The highest BCUT2D eigenvalue weighted by molar-refractivity contribution is 5.70. The van der Waals surface area contributed by atoms with E-state index in [4.69, 9.17) is 0 Å². The second kappa shape index (κ2) is 7.74. The summed E-state index contributed by atoms with van der Waals surface area (Å²) in [6.07, 6.45) is 7.60. The predicted octanol–water partition coefficient (Wildman–Crippen LogP) is 5.57. The third kappa shape index (κ3) is 4.12. The van der Waals surface area contributed by atoms with Gasteiger partial charge in [0.25, 0.3) is 0 Å². The highest BCUT2D eigenvalue weighted by Crippen LogP contribution is 2.30. The van der Waals surface area contributed by atoms with Gasteiger partial charge < -0.3 is 5.11 Å². The minimum Gasteiger partial charge on any atom is -0.507 e. The highest BCUT2D eigenvalue weighted by atomic mass is 16.3. The maximum Gasteiger partial charge on any atom is 0.123 e. The minimum absolute atomic E-state index is 0.367. The number of benzene rings is 2. The van der Waals surface area contributed by atoms with Crippen LogP contribution in [0.4, 0.5) is 0 Å². The van der Waals surface area contributed by atoms with Crippen molar-refractivity contribution in [3.63, 3.8) is 0 Å². The molecule has 0 aliphatic rings. The molecule has 0 atom stereocenters. The molecule has 20 heavy (non-hydrogen) atoms. The Kier molecular flexibility index (Phi) is 5.67. The zero-order valence-corrected chi connectivity index (χ0v) is 12.3. The number of aromatic hydroxyl groups is 1. The lowest BCUT2D eigenvalue weighted by Gasteiger charge is -2.08. The van der Waals surface area contributed by atoms with Crippen LogP contribution in [0.5, 0.6) is 5.75 Å². The van der Waals surface area contributed by atoms with Crippen LogP contribution in [-0.4, -0.2) is 5.11 Å². The summed E-state index contributed by atoms with van der Waals surface area (Å²) in [7, 11) is 0. The summed E-state index contributed by atoms with van der Waals surface area (Å²) in [5.41, 5.74) is 3.34. The van der Waals surface area contributed by atoms with Crippen LogP contribution in [0.3, 0.4) is 0 Å². The zero-order chi connectivity index (χ0) is 14.2. The Bertz CT molecular complexity index is 517. The molecule has 0 aromatic heterocycles. The molecule has 1 N–H and O–H groups in total. The monoisotopic (exact) mass is 268 g/mol. The topological polar surface area (TPSA) is 20.2 Å². The van der Waals surface area contributed by atoms with E-state index in [1.807, 2.05) is 42.5 Å². The summed E-state index contributed by atoms with van der Waals surface area (Å²) in [5, 5.41) is 10.0. The van der Waals surface area contributed by atoms with Gasteiger partial charge in [0.1, 0.15) is 5.75 Å². The summed E-state index contributed by atoms with van der Waals surface area (Å²) >= 11 is 0. The molecule has 0 fully saturated rings. The highest BCUT2D eigenvalue weighted by Gasteiger charge is 2.05. The summed E-state index contributed by atoms with van der Waals surface area (Å²) in [6.45, 7) is 2.24. The molecule has 0 saturated carbocycles. The molecule has 0 bridgehead atoms. The van der Waals surface area contributed by atoms with Gasteiger partial charge in [0.05, 0.1) is 0 Å². The number of aryl methyl sites for hydroxylation is 1. The number of hydrogen-bond acceptors (Lipinski definition) is 1. The molecule has 0 saturated heterocycles. The molecule has 0 aliphatic carbocycles. The lowest BCUT2D eigenvalue weighted by atomic mass is 9.99. The normalized spacial score (nSPS) is 10.7. The van der Waals surface area contributed by atoms with Crippen LogP contribution in [0, 0.1) is 0 Å². The Balaban J connectivity index is 2.02. The first-order valence-electron chi connectivity index (χ1n) is 7.68.